The maximum atomic E-state index is 12.9. The van der Waals surface area contributed by atoms with Gasteiger partial charge in [0.25, 0.3) is 0 Å². The summed E-state index contributed by atoms with van der Waals surface area (Å²) in [6.45, 7) is 5.16. The molecule has 2 N–H and O–H groups in total. The molecular formula is C15H24N2O2S2. The largest absolute Gasteiger partial charge is 0.389 e. The fraction of sp³-hybridized carbons (Fsp3) is 0.533. The molecule has 21 heavy (non-hydrogen) atoms. The number of hydrogen-bond acceptors (Lipinski definition) is 3. The molecule has 0 saturated heterocycles. The summed E-state index contributed by atoms with van der Waals surface area (Å²) in [6, 6.07) is 6.68. The molecule has 0 atom stereocenters. The number of rotatable bonds is 9. The highest BCUT2D eigenvalue weighted by atomic mass is 32.2. The number of nitrogens with two attached hydrogens (primary N) is 1. The van der Waals surface area contributed by atoms with Crippen LogP contribution in [0, 0.1) is 0 Å². The van der Waals surface area contributed by atoms with Crippen molar-refractivity contribution in [3.05, 3.63) is 29.8 Å². The second-order valence-electron chi connectivity index (χ2n) is 4.97. The van der Waals surface area contributed by atoms with Crippen LogP contribution in [0.1, 0.15) is 45.1 Å². The third-order valence-electron chi connectivity index (χ3n) is 3.29. The van der Waals surface area contributed by atoms with Gasteiger partial charge < -0.3 is 5.73 Å². The van der Waals surface area contributed by atoms with Gasteiger partial charge in [0, 0.05) is 18.7 Å². The van der Waals surface area contributed by atoms with Crippen LogP contribution >= 0.6 is 12.2 Å². The highest BCUT2D eigenvalue weighted by molar-refractivity contribution is 7.89. The predicted octanol–water partition coefficient (Wildman–Crippen LogP) is 2.91. The fourth-order valence-corrected chi connectivity index (χ4v) is 4.02. The van der Waals surface area contributed by atoms with Gasteiger partial charge in [-0.25, -0.2) is 8.42 Å². The minimum absolute atomic E-state index is 0.111. The first kappa shape index (κ1) is 18.1. The minimum Gasteiger partial charge on any atom is -0.389 e. The van der Waals surface area contributed by atoms with Gasteiger partial charge in [0.05, 0.1) is 4.90 Å². The van der Waals surface area contributed by atoms with Crippen molar-refractivity contribution in [2.24, 2.45) is 5.73 Å². The van der Waals surface area contributed by atoms with Gasteiger partial charge in [0.15, 0.2) is 0 Å². The van der Waals surface area contributed by atoms with E-state index in [0.717, 1.165) is 25.7 Å². The molecule has 0 radical (unpaired) electrons. The van der Waals surface area contributed by atoms with Gasteiger partial charge in [-0.2, -0.15) is 4.31 Å². The molecule has 0 spiro atoms. The molecule has 0 fully saturated rings. The molecule has 0 saturated carbocycles. The minimum atomic E-state index is -3.56. The van der Waals surface area contributed by atoms with Crippen molar-refractivity contribution in [1.29, 1.82) is 0 Å². The Morgan fingerprint density at radius 2 is 1.67 bits per heavy atom. The van der Waals surface area contributed by atoms with Gasteiger partial charge in [0.1, 0.15) is 4.99 Å². The van der Waals surface area contributed by atoms with E-state index < -0.39 is 10.0 Å². The maximum absolute atomic E-state index is 12.9. The lowest BCUT2D eigenvalue weighted by molar-refractivity contribution is 0.395. The van der Waals surface area contributed by atoms with E-state index in [1.807, 2.05) is 13.8 Å². The third kappa shape index (κ3) is 4.76. The van der Waals surface area contributed by atoms with Crippen LogP contribution in [0.15, 0.2) is 29.2 Å². The average Bonchev–Trinajstić information content (AvgIpc) is 2.47. The highest BCUT2D eigenvalue weighted by Crippen LogP contribution is 2.21. The SMILES string of the molecule is CCCCN(CCCC)S(=O)(=O)c1ccccc1C(N)=S. The van der Waals surface area contributed by atoms with Gasteiger partial charge >= 0.3 is 0 Å². The summed E-state index contributed by atoms with van der Waals surface area (Å²) in [6.07, 6.45) is 3.60. The first-order valence-electron chi connectivity index (χ1n) is 7.34. The van der Waals surface area contributed by atoms with Crippen molar-refractivity contribution in [3.8, 4) is 0 Å². The molecule has 1 rings (SSSR count). The Morgan fingerprint density at radius 1 is 1.14 bits per heavy atom. The van der Waals surface area contributed by atoms with Crippen LogP contribution < -0.4 is 5.73 Å². The van der Waals surface area contributed by atoms with Gasteiger partial charge in [0.2, 0.25) is 10.0 Å². The molecule has 0 aliphatic carbocycles. The Balaban J connectivity index is 3.18. The predicted molar refractivity (Wildman–Crippen MR) is 90.9 cm³/mol. The molecule has 0 heterocycles. The summed E-state index contributed by atoms with van der Waals surface area (Å²) in [4.78, 5) is 0.324. The van der Waals surface area contributed by atoms with Crippen LogP contribution in [0.3, 0.4) is 0 Å². The third-order valence-corrected chi connectivity index (χ3v) is 5.47. The Hall–Kier alpha value is -0.980. The monoisotopic (exact) mass is 328 g/mol. The molecule has 1 aromatic carbocycles. The molecule has 118 valence electrons. The number of hydrogen-bond donors (Lipinski definition) is 1. The van der Waals surface area contributed by atoms with Gasteiger partial charge in [-0.05, 0) is 18.9 Å². The van der Waals surface area contributed by atoms with E-state index in [2.05, 4.69) is 0 Å². The lowest BCUT2D eigenvalue weighted by atomic mass is 10.2. The molecule has 4 nitrogen and oxygen atoms in total. The zero-order valence-corrected chi connectivity index (χ0v) is 14.3. The van der Waals surface area contributed by atoms with Crippen LogP contribution in [-0.2, 0) is 10.0 Å². The summed E-state index contributed by atoms with van der Waals surface area (Å²) in [5, 5.41) is 0. The molecule has 1 aromatic rings. The Morgan fingerprint density at radius 3 is 2.14 bits per heavy atom. The maximum Gasteiger partial charge on any atom is 0.243 e. The molecule has 0 amide bonds. The Labute approximate surface area is 133 Å². The fourth-order valence-electron chi connectivity index (χ4n) is 2.06. The standard InChI is InChI=1S/C15H24N2O2S2/c1-3-5-11-17(12-6-4-2)21(18,19)14-10-8-7-9-13(14)15(16)20/h7-10H,3-6,11-12H2,1-2H3,(H2,16,20). The van der Waals surface area contributed by atoms with E-state index in [-0.39, 0.29) is 9.88 Å². The van der Waals surface area contributed by atoms with Crippen LogP contribution in [0.4, 0.5) is 0 Å². The molecule has 6 heteroatoms. The van der Waals surface area contributed by atoms with Crippen LogP contribution in [0.5, 0.6) is 0 Å². The molecular weight excluding hydrogens is 304 g/mol. The normalized spacial score (nSPS) is 11.8. The Kier molecular flexibility index (Phi) is 7.28. The summed E-state index contributed by atoms with van der Waals surface area (Å²) in [5.41, 5.74) is 6.08. The van der Waals surface area contributed by atoms with Crippen molar-refractivity contribution in [2.75, 3.05) is 13.1 Å². The number of thiocarbonyl (C=S) groups is 1. The molecule has 0 aromatic heterocycles. The first-order valence-corrected chi connectivity index (χ1v) is 9.19. The van der Waals surface area contributed by atoms with Crippen molar-refractivity contribution < 1.29 is 8.42 Å². The summed E-state index contributed by atoms with van der Waals surface area (Å²) >= 11 is 4.97. The van der Waals surface area contributed by atoms with Gasteiger partial charge in [-0.1, -0.05) is 57.1 Å². The zero-order chi connectivity index (χ0) is 15.9. The Bertz CT molecular complexity index is 563. The number of sulfonamides is 1. The number of nitrogens with zero attached hydrogens (tertiary/aromatic N) is 1. The smallest absolute Gasteiger partial charge is 0.243 e. The topological polar surface area (TPSA) is 63.4 Å². The van der Waals surface area contributed by atoms with Crippen molar-refractivity contribution in [1.82, 2.24) is 4.31 Å². The van der Waals surface area contributed by atoms with Crippen molar-refractivity contribution >= 4 is 27.2 Å². The lowest BCUT2D eigenvalue weighted by Gasteiger charge is -2.23. The van der Waals surface area contributed by atoms with E-state index in [1.165, 1.54) is 0 Å². The average molecular weight is 329 g/mol. The van der Waals surface area contributed by atoms with E-state index >= 15 is 0 Å². The van der Waals surface area contributed by atoms with Crippen LogP contribution in [0.25, 0.3) is 0 Å². The van der Waals surface area contributed by atoms with Gasteiger partial charge in [-0.15, -0.1) is 0 Å². The first-order chi connectivity index (χ1) is 9.95. The van der Waals surface area contributed by atoms with Crippen LogP contribution in [-0.4, -0.2) is 30.8 Å². The summed E-state index contributed by atoms with van der Waals surface area (Å²) in [5.74, 6) is 0. The summed E-state index contributed by atoms with van der Waals surface area (Å²) < 4.78 is 27.3. The van der Waals surface area contributed by atoms with Crippen molar-refractivity contribution in [2.45, 2.75) is 44.4 Å². The highest BCUT2D eigenvalue weighted by Gasteiger charge is 2.26. The second kappa shape index (κ2) is 8.46. The molecule has 0 unspecified atom stereocenters. The van der Waals surface area contributed by atoms with E-state index in [1.54, 1.807) is 28.6 Å². The number of benzene rings is 1. The molecule has 0 aliphatic heterocycles. The quantitative estimate of drug-likeness (QED) is 0.708. The van der Waals surface area contributed by atoms with E-state index in [4.69, 9.17) is 18.0 Å². The van der Waals surface area contributed by atoms with E-state index in [9.17, 15) is 8.42 Å². The van der Waals surface area contributed by atoms with E-state index in [0.29, 0.717) is 18.7 Å². The summed E-state index contributed by atoms with van der Waals surface area (Å²) in [7, 11) is -3.56. The van der Waals surface area contributed by atoms with Crippen LogP contribution in [0.2, 0.25) is 0 Å². The zero-order valence-electron chi connectivity index (χ0n) is 12.7. The second-order valence-corrected chi connectivity index (χ2v) is 7.32. The molecule has 0 bridgehead atoms. The van der Waals surface area contributed by atoms with Crippen molar-refractivity contribution in [3.63, 3.8) is 0 Å². The van der Waals surface area contributed by atoms with Gasteiger partial charge in [-0.3, -0.25) is 0 Å². The molecule has 0 aliphatic rings. The number of unbranched alkanes of at least 4 members (excludes halogenated alkanes) is 2. The lowest BCUT2D eigenvalue weighted by Crippen LogP contribution is -2.34.